The van der Waals surface area contributed by atoms with E-state index in [2.05, 4.69) is 5.32 Å². The first-order chi connectivity index (χ1) is 16.8. The van der Waals surface area contributed by atoms with E-state index in [9.17, 15) is 14.0 Å². The summed E-state index contributed by atoms with van der Waals surface area (Å²) in [6.07, 6.45) is 0.828. The smallest absolute Gasteiger partial charge is 0.243 e. The van der Waals surface area contributed by atoms with Gasteiger partial charge in [0.05, 0.1) is 6.42 Å². The fourth-order valence-electron chi connectivity index (χ4n) is 3.76. The quantitative estimate of drug-likeness (QED) is 0.348. The predicted molar refractivity (Wildman–Crippen MR) is 139 cm³/mol. The Balaban J connectivity index is 2.03. The highest BCUT2D eigenvalue weighted by atomic mass is 35.5. The lowest BCUT2D eigenvalue weighted by molar-refractivity contribution is -0.141. The minimum absolute atomic E-state index is 0.0111. The predicted octanol–water partition coefficient (Wildman–Crippen LogP) is 6.23. The molecule has 0 spiro atoms. The van der Waals surface area contributed by atoms with Crippen LogP contribution in [0.15, 0.2) is 72.8 Å². The SMILES string of the molecule is CC[C@H](C)NC(=O)[C@H](Cc1ccccc1)N(Cc1c(Cl)cccc1Cl)C(=O)Cc1ccccc1F. The van der Waals surface area contributed by atoms with Gasteiger partial charge in [0.25, 0.3) is 0 Å². The van der Waals surface area contributed by atoms with Gasteiger partial charge in [0.1, 0.15) is 11.9 Å². The summed E-state index contributed by atoms with van der Waals surface area (Å²) in [6.45, 7) is 3.90. The van der Waals surface area contributed by atoms with Crippen LogP contribution in [0.1, 0.15) is 37.0 Å². The van der Waals surface area contributed by atoms with Crippen molar-refractivity contribution in [3.8, 4) is 0 Å². The third-order valence-electron chi connectivity index (χ3n) is 5.96. The number of carbonyl (C=O) groups is 2. The molecular weight excluding hydrogens is 486 g/mol. The molecule has 0 aliphatic rings. The molecule has 0 aromatic heterocycles. The number of carbonyl (C=O) groups excluding carboxylic acids is 2. The molecular formula is C28H29Cl2FN2O2. The van der Waals surface area contributed by atoms with Gasteiger partial charge >= 0.3 is 0 Å². The van der Waals surface area contributed by atoms with Crippen LogP contribution < -0.4 is 5.32 Å². The molecule has 3 aromatic carbocycles. The van der Waals surface area contributed by atoms with Gasteiger partial charge in [-0.05, 0) is 42.7 Å². The van der Waals surface area contributed by atoms with Crippen LogP contribution in [0.5, 0.6) is 0 Å². The maximum absolute atomic E-state index is 14.4. The molecule has 0 bridgehead atoms. The zero-order chi connectivity index (χ0) is 25.4. The molecule has 35 heavy (non-hydrogen) atoms. The third-order valence-corrected chi connectivity index (χ3v) is 6.67. The first-order valence-corrected chi connectivity index (χ1v) is 12.4. The Kier molecular flexibility index (Phi) is 9.70. The van der Waals surface area contributed by atoms with Crippen LogP contribution in [0.2, 0.25) is 10.0 Å². The van der Waals surface area contributed by atoms with Gasteiger partial charge in [-0.15, -0.1) is 0 Å². The summed E-state index contributed by atoms with van der Waals surface area (Å²) in [7, 11) is 0. The molecule has 184 valence electrons. The second-order valence-electron chi connectivity index (χ2n) is 8.51. The zero-order valence-electron chi connectivity index (χ0n) is 19.8. The van der Waals surface area contributed by atoms with Crippen LogP contribution in [0.3, 0.4) is 0 Å². The van der Waals surface area contributed by atoms with E-state index in [0.717, 1.165) is 12.0 Å². The van der Waals surface area contributed by atoms with Crippen molar-refractivity contribution in [3.05, 3.63) is 105 Å². The Morgan fingerprint density at radius 1 is 0.943 bits per heavy atom. The average Bonchev–Trinajstić information content (AvgIpc) is 2.84. The number of hydrogen-bond donors (Lipinski definition) is 1. The largest absolute Gasteiger partial charge is 0.352 e. The van der Waals surface area contributed by atoms with Gasteiger partial charge in [-0.2, -0.15) is 0 Å². The molecule has 0 radical (unpaired) electrons. The number of hydrogen-bond acceptors (Lipinski definition) is 2. The second-order valence-corrected chi connectivity index (χ2v) is 9.33. The molecule has 0 heterocycles. The lowest BCUT2D eigenvalue weighted by atomic mass is 10.0. The standard InChI is InChI=1S/C28H29Cl2FN2O2/c1-3-19(2)32-28(35)26(16-20-10-5-4-6-11-20)33(18-22-23(29)13-9-14-24(22)30)27(34)17-21-12-7-8-15-25(21)31/h4-15,19,26H,3,16-18H2,1-2H3,(H,32,35)/t19-,26-/m0/s1. The van der Waals surface area contributed by atoms with Gasteiger partial charge in [0.2, 0.25) is 11.8 Å². The first kappa shape index (κ1) is 26.7. The van der Waals surface area contributed by atoms with E-state index < -0.39 is 17.8 Å². The highest BCUT2D eigenvalue weighted by Crippen LogP contribution is 2.27. The van der Waals surface area contributed by atoms with Crippen LogP contribution in [0.25, 0.3) is 0 Å². The Morgan fingerprint density at radius 3 is 2.20 bits per heavy atom. The van der Waals surface area contributed by atoms with Crippen molar-refractivity contribution >= 4 is 35.0 Å². The van der Waals surface area contributed by atoms with E-state index in [1.54, 1.807) is 36.4 Å². The van der Waals surface area contributed by atoms with Crippen molar-refractivity contribution in [3.63, 3.8) is 0 Å². The number of halogens is 3. The summed E-state index contributed by atoms with van der Waals surface area (Å²) < 4.78 is 14.4. The van der Waals surface area contributed by atoms with Crippen LogP contribution >= 0.6 is 23.2 Å². The molecule has 1 N–H and O–H groups in total. The van der Waals surface area contributed by atoms with Crippen molar-refractivity contribution < 1.29 is 14.0 Å². The van der Waals surface area contributed by atoms with Crippen LogP contribution in [0, 0.1) is 5.82 Å². The number of nitrogens with zero attached hydrogens (tertiary/aromatic N) is 1. The van der Waals surface area contributed by atoms with E-state index in [4.69, 9.17) is 23.2 Å². The fraction of sp³-hybridized carbons (Fsp3) is 0.286. The summed E-state index contributed by atoms with van der Waals surface area (Å²) in [5, 5.41) is 3.78. The van der Waals surface area contributed by atoms with Gasteiger partial charge in [-0.1, -0.05) is 84.7 Å². The Bertz CT molecular complexity index is 1140. The molecule has 2 atom stereocenters. The van der Waals surface area contributed by atoms with Crippen molar-refractivity contribution in [2.45, 2.75) is 51.7 Å². The van der Waals surface area contributed by atoms with E-state index in [1.807, 2.05) is 44.2 Å². The number of amides is 2. The summed E-state index contributed by atoms with van der Waals surface area (Å²) in [5.41, 5.74) is 1.69. The molecule has 3 aromatic rings. The van der Waals surface area contributed by atoms with Gasteiger partial charge in [0, 0.05) is 34.6 Å². The molecule has 0 saturated heterocycles. The second kappa shape index (κ2) is 12.7. The minimum atomic E-state index is -0.849. The number of nitrogens with one attached hydrogen (secondary N) is 1. The summed E-state index contributed by atoms with van der Waals surface area (Å²) in [6, 6.07) is 19.8. The van der Waals surface area contributed by atoms with Crippen LogP contribution in [-0.2, 0) is 29.0 Å². The Morgan fingerprint density at radius 2 is 1.57 bits per heavy atom. The van der Waals surface area contributed by atoms with Crippen LogP contribution in [0.4, 0.5) is 4.39 Å². The average molecular weight is 515 g/mol. The molecule has 0 fully saturated rings. The third kappa shape index (κ3) is 7.30. The molecule has 2 amide bonds. The maximum atomic E-state index is 14.4. The fourth-order valence-corrected chi connectivity index (χ4v) is 4.27. The van der Waals surface area contributed by atoms with E-state index in [0.29, 0.717) is 15.6 Å². The van der Waals surface area contributed by atoms with Gasteiger partial charge in [0.15, 0.2) is 0 Å². The van der Waals surface area contributed by atoms with Crippen molar-refractivity contribution in [1.82, 2.24) is 10.2 Å². The molecule has 7 heteroatoms. The lowest BCUT2D eigenvalue weighted by Crippen LogP contribution is -2.52. The summed E-state index contributed by atoms with van der Waals surface area (Å²) >= 11 is 12.9. The van der Waals surface area contributed by atoms with Gasteiger partial charge in [-0.25, -0.2) is 4.39 Å². The zero-order valence-corrected chi connectivity index (χ0v) is 21.3. The minimum Gasteiger partial charge on any atom is -0.352 e. The van der Waals surface area contributed by atoms with Crippen molar-refractivity contribution in [2.24, 2.45) is 0 Å². The molecule has 3 rings (SSSR count). The molecule has 0 unspecified atom stereocenters. The molecule has 0 aliphatic carbocycles. The van der Waals surface area contributed by atoms with Crippen LogP contribution in [-0.4, -0.2) is 28.8 Å². The highest BCUT2D eigenvalue weighted by molar-refractivity contribution is 6.36. The number of benzene rings is 3. The van der Waals surface area contributed by atoms with Gasteiger partial charge in [-0.3, -0.25) is 9.59 Å². The maximum Gasteiger partial charge on any atom is 0.243 e. The van der Waals surface area contributed by atoms with Crippen molar-refractivity contribution in [1.29, 1.82) is 0 Å². The number of rotatable bonds is 10. The highest BCUT2D eigenvalue weighted by Gasteiger charge is 2.32. The summed E-state index contributed by atoms with van der Waals surface area (Å²) in [5.74, 6) is -1.15. The molecule has 4 nitrogen and oxygen atoms in total. The molecule has 0 aliphatic heterocycles. The molecule has 0 saturated carbocycles. The monoisotopic (exact) mass is 514 g/mol. The lowest BCUT2D eigenvalue weighted by Gasteiger charge is -2.33. The van der Waals surface area contributed by atoms with E-state index in [1.165, 1.54) is 11.0 Å². The van der Waals surface area contributed by atoms with Crippen molar-refractivity contribution in [2.75, 3.05) is 0 Å². The first-order valence-electron chi connectivity index (χ1n) is 11.6. The summed E-state index contributed by atoms with van der Waals surface area (Å²) in [4.78, 5) is 28.6. The van der Waals surface area contributed by atoms with E-state index >= 15 is 0 Å². The topological polar surface area (TPSA) is 49.4 Å². The Labute approximate surface area is 216 Å². The van der Waals surface area contributed by atoms with E-state index in [-0.39, 0.29) is 36.9 Å². The van der Waals surface area contributed by atoms with Gasteiger partial charge < -0.3 is 10.2 Å². The Hall–Kier alpha value is -2.89. The normalized spacial score (nSPS) is 12.6.